The molecule has 3 aromatic carbocycles. The van der Waals surface area contributed by atoms with Crippen LogP contribution in [0.4, 0.5) is 5.13 Å². The number of rotatable bonds is 5. The van der Waals surface area contributed by atoms with Crippen molar-refractivity contribution in [3.05, 3.63) is 81.8 Å². The first-order chi connectivity index (χ1) is 18.4. The summed E-state index contributed by atoms with van der Waals surface area (Å²) in [5.74, 6) is -0.138. The van der Waals surface area contributed by atoms with E-state index >= 15 is 0 Å². The highest BCUT2D eigenvalue weighted by atomic mass is 79.9. The predicted octanol–water partition coefficient (Wildman–Crippen LogP) is 5.86. The number of Topliss-reactive ketones (excluding diaryl/α,β-unsaturated/α-hetero) is 1. The fourth-order valence-corrected chi connectivity index (χ4v) is 5.87. The molecule has 0 aliphatic carbocycles. The van der Waals surface area contributed by atoms with Crippen LogP contribution in [0, 0.1) is 0 Å². The van der Waals surface area contributed by atoms with Crippen molar-refractivity contribution in [2.24, 2.45) is 0 Å². The van der Waals surface area contributed by atoms with Gasteiger partial charge in [0.15, 0.2) is 16.6 Å². The van der Waals surface area contributed by atoms with Gasteiger partial charge in [-0.2, -0.15) is 0 Å². The van der Waals surface area contributed by atoms with Crippen molar-refractivity contribution in [1.29, 1.82) is 0 Å². The Balaban J connectivity index is 1.51. The maximum absolute atomic E-state index is 13.5. The Bertz CT molecular complexity index is 1610. The van der Waals surface area contributed by atoms with Gasteiger partial charge < -0.3 is 19.3 Å². The molecular weight excluding hydrogens is 572 g/mol. The summed E-state index contributed by atoms with van der Waals surface area (Å²) in [5.41, 5.74) is 1.65. The number of halogens is 1. The fraction of sp³-hybridized carbons (Fsp3) is 0.179. The number of benzene rings is 3. The van der Waals surface area contributed by atoms with Gasteiger partial charge in [0.1, 0.15) is 24.7 Å². The number of fused-ring (bicyclic) bond motifs is 2. The first-order valence-corrected chi connectivity index (χ1v) is 13.6. The van der Waals surface area contributed by atoms with Crippen LogP contribution in [0.2, 0.25) is 0 Å². The van der Waals surface area contributed by atoms with Crippen molar-refractivity contribution in [2.45, 2.75) is 13.0 Å². The number of carbonyl (C=O) groups is 2. The molecule has 8 nitrogen and oxygen atoms in total. The average Bonchev–Trinajstić information content (AvgIpc) is 3.46. The van der Waals surface area contributed by atoms with E-state index in [0.717, 1.165) is 9.17 Å². The average molecular weight is 593 g/mol. The topological polar surface area (TPSA) is 98.2 Å². The molecule has 0 radical (unpaired) electrons. The third kappa shape index (κ3) is 4.19. The minimum absolute atomic E-state index is 0.0248. The fourth-order valence-electron chi connectivity index (χ4n) is 4.59. The lowest BCUT2D eigenvalue weighted by Crippen LogP contribution is -2.29. The van der Waals surface area contributed by atoms with E-state index < -0.39 is 17.7 Å². The van der Waals surface area contributed by atoms with Crippen LogP contribution in [0.5, 0.6) is 17.2 Å². The quantitative estimate of drug-likeness (QED) is 0.176. The van der Waals surface area contributed by atoms with Gasteiger partial charge in [-0.25, -0.2) is 4.98 Å². The molecule has 38 heavy (non-hydrogen) atoms. The Morgan fingerprint density at radius 3 is 2.61 bits per heavy atom. The maximum atomic E-state index is 13.5. The summed E-state index contributed by atoms with van der Waals surface area (Å²) in [4.78, 5) is 33.0. The van der Waals surface area contributed by atoms with Crippen molar-refractivity contribution in [1.82, 2.24) is 4.98 Å². The Labute approximate surface area is 230 Å². The monoisotopic (exact) mass is 592 g/mol. The number of aliphatic hydroxyl groups is 1. The molecule has 0 saturated carbocycles. The molecule has 1 saturated heterocycles. The molecule has 10 heteroatoms. The molecule has 6 rings (SSSR count). The summed E-state index contributed by atoms with van der Waals surface area (Å²) in [6.45, 7) is 3.24. The summed E-state index contributed by atoms with van der Waals surface area (Å²) >= 11 is 4.72. The van der Waals surface area contributed by atoms with Crippen LogP contribution >= 0.6 is 27.3 Å². The van der Waals surface area contributed by atoms with E-state index in [2.05, 4.69) is 20.9 Å². The lowest BCUT2D eigenvalue weighted by atomic mass is 9.95. The second kappa shape index (κ2) is 9.77. The highest BCUT2D eigenvalue weighted by Crippen LogP contribution is 2.45. The first-order valence-electron chi connectivity index (χ1n) is 11.9. The zero-order chi connectivity index (χ0) is 26.4. The molecule has 0 bridgehead atoms. The number of aromatic nitrogens is 1. The zero-order valence-corrected chi connectivity index (χ0v) is 22.5. The second-order valence-electron chi connectivity index (χ2n) is 8.64. The van der Waals surface area contributed by atoms with Crippen molar-refractivity contribution in [3.63, 3.8) is 0 Å². The van der Waals surface area contributed by atoms with Crippen LogP contribution in [-0.4, -0.2) is 41.6 Å². The van der Waals surface area contributed by atoms with Crippen molar-refractivity contribution in [3.8, 4) is 17.2 Å². The molecule has 4 aromatic rings. The number of anilines is 1. The van der Waals surface area contributed by atoms with E-state index in [-0.39, 0.29) is 11.3 Å². The minimum Gasteiger partial charge on any atom is -0.507 e. The van der Waals surface area contributed by atoms with E-state index in [4.69, 9.17) is 14.2 Å². The third-order valence-electron chi connectivity index (χ3n) is 6.31. The largest absolute Gasteiger partial charge is 0.507 e. The van der Waals surface area contributed by atoms with Crippen LogP contribution in [-0.2, 0) is 9.59 Å². The van der Waals surface area contributed by atoms with Gasteiger partial charge in [0, 0.05) is 10.0 Å². The standard InChI is InChI=1S/C28H21BrN2O6S/c1-2-35-18-8-9-19-22(14-18)38-28(30-19)31-24(15-3-6-17(29)7-4-15)23(26(33)27(31)34)25(32)16-5-10-20-21(13-16)37-12-11-36-20/h3-10,13-14,24,32H,2,11-12H2,1H3/t24-/m1/s1. The maximum Gasteiger partial charge on any atom is 0.301 e. The van der Waals surface area contributed by atoms with E-state index in [1.54, 1.807) is 18.2 Å². The van der Waals surface area contributed by atoms with Crippen molar-refractivity contribution in [2.75, 3.05) is 24.7 Å². The Morgan fingerprint density at radius 1 is 1.08 bits per heavy atom. The molecule has 1 N–H and O–H groups in total. The number of carbonyl (C=O) groups excluding carboxylic acids is 2. The van der Waals surface area contributed by atoms with Crippen molar-refractivity contribution >= 4 is 60.1 Å². The summed E-state index contributed by atoms with van der Waals surface area (Å²) < 4.78 is 18.5. The van der Waals surface area contributed by atoms with E-state index in [1.165, 1.54) is 16.2 Å². The van der Waals surface area contributed by atoms with Crippen LogP contribution in [0.15, 0.2) is 70.7 Å². The number of hydrogen-bond acceptors (Lipinski definition) is 8. The molecule has 2 aliphatic rings. The van der Waals surface area contributed by atoms with Crippen molar-refractivity contribution < 1.29 is 28.9 Å². The van der Waals surface area contributed by atoms with Gasteiger partial charge in [-0.1, -0.05) is 39.4 Å². The number of ketones is 1. The minimum atomic E-state index is -0.886. The smallest absolute Gasteiger partial charge is 0.301 e. The molecule has 1 aromatic heterocycles. The molecule has 1 fully saturated rings. The van der Waals surface area contributed by atoms with Crippen LogP contribution in [0.25, 0.3) is 16.0 Å². The summed E-state index contributed by atoms with van der Waals surface area (Å²) in [7, 11) is 0. The van der Waals surface area contributed by atoms with Gasteiger partial charge in [0.25, 0.3) is 5.78 Å². The third-order valence-corrected chi connectivity index (χ3v) is 7.86. The highest BCUT2D eigenvalue weighted by Gasteiger charge is 2.48. The Hall–Kier alpha value is -3.89. The molecular formula is C28H21BrN2O6S. The van der Waals surface area contributed by atoms with Gasteiger partial charge in [-0.05, 0) is 61.0 Å². The van der Waals surface area contributed by atoms with Gasteiger partial charge in [0.05, 0.1) is 28.4 Å². The van der Waals surface area contributed by atoms with E-state index in [9.17, 15) is 14.7 Å². The molecule has 3 heterocycles. The number of hydrogen-bond donors (Lipinski definition) is 1. The highest BCUT2D eigenvalue weighted by molar-refractivity contribution is 9.10. The molecule has 1 amide bonds. The van der Waals surface area contributed by atoms with Crippen LogP contribution in [0.1, 0.15) is 24.1 Å². The zero-order valence-electron chi connectivity index (χ0n) is 20.1. The lowest BCUT2D eigenvalue weighted by Gasteiger charge is -2.23. The number of nitrogens with zero attached hydrogens (tertiary/aromatic N) is 2. The van der Waals surface area contributed by atoms with Gasteiger partial charge in [-0.15, -0.1) is 0 Å². The van der Waals surface area contributed by atoms with Crippen LogP contribution < -0.4 is 19.1 Å². The molecule has 0 spiro atoms. The molecule has 0 unspecified atom stereocenters. The molecule has 2 aliphatic heterocycles. The Morgan fingerprint density at radius 2 is 1.84 bits per heavy atom. The normalized spacial score (nSPS) is 18.3. The summed E-state index contributed by atoms with van der Waals surface area (Å²) in [5, 5.41) is 11.8. The van der Waals surface area contributed by atoms with E-state index in [0.29, 0.717) is 58.8 Å². The van der Waals surface area contributed by atoms with Gasteiger partial charge >= 0.3 is 5.91 Å². The Kier molecular flexibility index (Phi) is 6.29. The SMILES string of the molecule is CCOc1ccc2nc(N3C(=O)C(=O)C(=C(O)c4ccc5c(c4)OCCO5)[C@H]3c3ccc(Br)cc3)sc2c1. The summed E-state index contributed by atoms with van der Waals surface area (Å²) in [6, 6.07) is 16.8. The predicted molar refractivity (Wildman–Crippen MR) is 147 cm³/mol. The number of aliphatic hydroxyl groups excluding tert-OH is 1. The number of thiazole rings is 1. The number of ether oxygens (including phenoxy) is 3. The second-order valence-corrected chi connectivity index (χ2v) is 10.6. The summed E-state index contributed by atoms with van der Waals surface area (Å²) in [6.07, 6.45) is 0. The van der Waals surface area contributed by atoms with E-state index in [1.807, 2.05) is 49.4 Å². The number of amides is 1. The molecule has 1 atom stereocenters. The van der Waals surface area contributed by atoms with Gasteiger partial charge in [0.2, 0.25) is 0 Å². The first kappa shape index (κ1) is 24.4. The lowest BCUT2D eigenvalue weighted by molar-refractivity contribution is -0.132. The van der Waals surface area contributed by atoms with Gasteiger partial charge in [-0.3, -0.25) is 14.5 Å². The van der Waals surface area contributed by atoms with Crippen LogP contribution in [0.3, 0.4) is 0 Å². The molecule has 192 valence electrons.